The number of nitrogens with one attached hydrogen (secondary N) is 1. The fourth-order valence-corrected chi connectivity index (χ4v) is 3.18. The van der Waals surface area contributed by atoms with Gasteiger partial charge < -0.3 is 10.1 Å². The van der Waals surface area contributed by atoms with E-state index in [4.69, 9.17) is 4.74 Å². The van der Waals surface area contributed by atoms with Crippen molar-refractivity contribution in [2.24, 2.45) is 0 Å². The predicted molar refractivity (Wildman–Crippen MR) is 101 cm³/mol. The van der Waals surface area contributed by atoms with Crippen molar-refractivity contribution in [3.8, 4) is 5.75 Å². The molecule has 0 fully saturated rings. The molecule has 1 aliphatic rings. The molecule has 140 valence electrons. The average Bonchev–Trinajstić information content (AvgIpc) is 2.88. The van der Waals surface area contributed by atoms with E-state index in [1.807, 2.05) is 26.0 Å². The van der Waals surface area contributed by atoms with Gasteiger partial charge in [0.15, 0.2) is 0 Å². The molecule has 6 nitrogen and oxygen atoms in total. The molecule has 3 amide bonds. The lowest BCUT2D eigenvalue weighted by atomic mass is 10.1. The molecule has 0 radical (unpaired) electrons. The van der Waals surface area contributed by atoms with Crippen molar-refractivity contribution in [1.29, 1.82) is 0 Å². The van der Waals surface area contributed by atoms with Gasteiger partial charge in [0.1, 0.15) is 18.4 Å². The normalized spacial score (nSPS) is 14.1. The van der Waals surface area contributed by atoms with Gasteiger partial charge in [0.2, 0.25) is 5.91 Å². The number of ether oxygens (including phenoxy) is 1. The second-order valence-electron chi connectivity index (χ2n) is 6.66. The fraction of sp³-hybridized carbons (Fsp3) is 0.286. The van der Waals surface area contributed by atoms with E-state index in [1.165, 1.54) is 0 Å². The van der Waals surface area contributed by atoms with Crippen molar-refractivity contribution < 1.29 is 19.1 Å². The summed E-state index contributed by atoms with van der Waals surface area (Å²) in [5.41, 5.74) is 2.88. The summed E-state index contributed by atoms with van der Waals surface area (Å²) in [4.78, 5) is 38.2. The molecular formula is C21H22N2O4. The summed E-state index contributed by atoms with van der Waals surface area (Å²) in [6.45, 7) is 6.10. The van der Waals surface area contributed by atoms with E-state index in [1.54, 1.807) is 31.2 Å². The van der Waals surface area contributed by atoms with E-state index in [0.717, 1.165) is 21.8 Å². The average molecular weight is 366 g/mol. The molecule has 1 heterocycles. The van der Waals surface area contributed by atoms with Gasteiger partial charge in [-0.2, -0.15) is 0 Å². The summed E-state index contributed by atoms with van der Waals surface area (Å²) in [7, 11) is 0. The van der Waals surface area contributed by atoms with Gasteiger partial charge in [-0.1, -0.05) is 18.2 Å². The molecule has 1 N–H and O–H groups in total. The van der Waals surface area contributed by atoms with Crippen molar-refractivity contribution in [2.75, 3.05) is 13.2 Å². The summed E-state index contributed by atoms with van der Waals surface area (Å²) in [5, 5.41) is 2.72. The maximum atomic E-state index is 12.4. The predicted octanol–water partition coefficient (Wildman–Crippen LogP) is 2.48. The first-order valence-electron chi connectivity index (χ1n) is 8.84. The van der Waals surface area contributed by atoms with E-state index in [9.17, 15) is 14.4 Å². The maximum Gasteiger partial charge on any atom is 0.262 e. The van der Waals surface area contributed by atoms with Gasteiger partial charge in [0.05, 0.1) is 17.7 Å². The molecule has 0 aromatic heterocycles. The Kier molecular flexibility index (Phi) is 5.26. The van der Waals surface area contributed by atoms with Crippen LogP contribution in [0, 0.1) is 13.8 Å². The number of nitrogens with zero attached hydrogens (tertiary/aromatic N) is 1. The maximum absolute atomic E-state index is 12.4. The first kappa shape index (κ1) is 18.6. The Labute approximate surface area is 158 Å². The minimum Gasteiger partial charge on any atom is -0.492 e. The van der Waals surface area contributed by atoms with Crippen LogP contribution in [-0.4, -0.2) is 41.8 Å². The third kappa shape index (κ3) is 3.84. The highest BCUT2D eigenvalue weighted by atomic mass is 16.5. The van der Waals surface area contributed by atoms with E-state index >= 15 is 0 Å². The van der Waals surface area contributed by atoms with Gasteiger partial charge in [0.25, 0.3) is 11.8 Å². The summed E-state index contributed by atoms with van der Waals surface area (Å²) in [6, 6.07) is 11.6. The minimum atomic E-state index is -0.890. The Balaban J connectivity index is 1.54. The second-order valence-corrected chi connectivity index (χ2v) is 6.66. The fourth-order valence-electron chi connectivity index (χ4n) is 3.18. The highest BCUT2D eigenvalue weighted by Gasteiger charge is 2.40. The molecule has 0 spiro atoms. The highest BCUT2D eigenvalue weighted by molar-refractivity contribution is 6.22. The van der Waals surface area contributed by atoms with Crippen LogP contribution in [-0.2, 0) is 4.79 Å². The Morgan fingerprint density at radius 3 is 2.15 bits per heavy atom. The Bertz CT molecular complexity index is 852. The standard InChI is InChI=1S/C21H22N2O4/c1-13-10-14(2)12-16(11-13)27-9-8-22-19(24)15(3)23-20(25)17-6-4-5-7-18(17)21(23)26/h4-7,10-12,15H,8-9H2,1-3H3,(H,22,24)/t15-/m0/s1. The van der Waals surface area contributed by atoms with Crippen molar-refractivity contribution in [2.45, 2.75) is 26.8 Å². The Morgan fingerprint density at radius 2 is 1.59 bits per heavy atom. The zero-order valence-corrected chi connectivity index (χ0v) is 15.6. The van der Waals surface area contributed by atoms with Crippen LogP contribution >= 0.6 is 0 Å². The highest BCUT2D eigenvalue weighted by Crippen LogP contribution is 2.24. The van der Waals surface area contributed by atoms with E-state index in [0.29, 0.717) is 17.7 Å². The van der Waals surface area contributed by atoms with Crippen LogP contribution in [0.2, 0.25) is 0 Å². The first-order valence-corrected chi connectivity index (χ1v) is 8.84. The molecule has 0 aliphatic carbocycles. The SMILES string of the molecule is Cc1cc(C)cc(OCCNC(=O)[C@H](C)N2C(=O)c3ccccc3C2=O)c1. The Hall–Kier alpha value is -3.15. The lowest BCUT2D eigenvalue weighted by Crippen LogP contribution is -2.48. The van der Waals surface area contributed by atoms with Crippen molar-refractivity contribution >= 4 is 17.7 Å². The number of fused-ring (bicyclic) bond motifs is 1. The number of benzene rings is 2. The van der Waals surface area contributed by atoms with Crippen LogP contribution in [0.3, 0.4) is 0 Å². The van der Waals surface area contributed by atoms with Crippen LogP contribution in [0.15, 0.2) is 42.5 Å². The number of imide groups is 1. The third-order valence-electron chi connectivity index (χ3n) is 4.46. The number of hydrogen-bond donors (Lipinski definition) is 1. The second kappa shape index (κ2) is 7.61. The number of amides is 3. The number of rotatable bonds is 6. The molecule has 0 unspecified atom stereocenters. The van der Waals surface area contributed by atoms with Crippen LogP contribution in [0.4, 0.5) is 0 Å². The molecule has 2 aromatic rings. The summed E-state index contributed by atoms with van der Waals surface area (Å²) >= 11 is 0. The molecule has 3 rings (SSSR count). The molecule has 0 bridgehead atoms. The molecule has 2 aromatic carbocycles. The number of aryl methyl sites for hydroxylation is 2. The van der Waals surface area contributed by atoms with E-state index in [2.05, 4.69) is 11.4 Å². The molecule has 1 atom stereocenters. The van der Waals surface area contributed by atoms with Gasteiger partial charge in [-0.3, -0.25) is 19.3 Å². The van der Waals surface area contributed by atoms with E-state index < -0.39 is 23.8 Å². The zero-order valence-electron chi connectivity index (χ0n) is 15.6. The van der Waals surface area contributed by atoms with Crippen molar-refractivity contribution in [1.82, 2.24) is 10.2 Å². The van der Waals surface area contributed by atoms with Crippen LogP contribution in [0.5, 0.6) is 5.75 Å². The number of hydrogen-bond acceptors (Lipinski definition) is 4. The summed E-state index contributed by atoms with van der Waals surface area (Å²) in [6.07, 6.45) is 0. The molecule has 27 heavy (non-hydrogen) atoms. The van der Waals surface area contributed by atoms with Crippen LogP contribution < -0.4 is 10.1 Å². The smallest absolute Gasteiger partial charge is 0.262 e. The van der Waals surface area contributed by atoms with Gasteiger partial charge >= 0.3 is 0 Å². The molecular weight excluding hydrogens is 344 g/mol. The lowest BCUT2D eigenvalue weighted by molar-refractivity contribution is -0.124. The topological polar surface area (TPSA) is 75.7 Å². The van der Waals surface area contributed by atoms with Gasteiger partial charge in [-0.15, -0.1) is 0 Å². The third-order valence-corrected chi connectivity index (χ3v) is 4.46. The number of carbonyl (C=O) groups is 3. The van der Waals surface area contributed by atoms with Crippen molar-refractivity contribution in [3.05, 3.63) is 64.7 Å². The quantitative estimate of drug-likeness (QED) is 0.629. The van der Waals surface area contributed by atoms with Crippen molar-refractivity contribution in [3.63, 3.8) is 0 Å². The molecule has 6 heteroatoms. The van der Waals surface area contributed by atoms with Crippen LogP contribution in [0.1, 0.15) is 38.8 Å². The molecule has 0 saturated carbocycles. The number of carbonyl (C=O) groups excluding carboxylic acids is 3. The first-order chi connectivity index (χ1) is 12.9. The molecule has 1 aliphatic heterocycles. The summed E-state index contributed by atoms with van der Waals surface area (Å²) in [5.74, 6) is -0.529. The monoisotopic (exact) mass is 366 g/mol. The van der Waals surface area contributed by atoms with E-state index in [-0.39, 0.29) is 6.54 Å². The minimum absolute atomic E-state index is 0.277. The Morgan fingerprint density at radius 1 is 1.04 bits per heavy atom. The lowest BCUT2D eigenvalue weighted by Gasteiger charge is -2.21. The summed E-state index contributed by atoms with van der Waals surface area (Å²) < 4.78 is 5.65. The van der Waals surface area contributed by atoms with Gasteiger partial charge in [-0.25, -0.2) is 0 Å². The zero-order chi connectivity index (χ0) is 19.6. The van der Waals surface area contributed by atoms with Crippen LogP contribution in [0.25, 0.3) is 0 Å². The van der Waals surface area contributed by atoms with Gasteiger partial charge in [0, 0.05) is 0 Å². The molecule has 0 saturated heterocycles. The van der Waals surface area contributed by atoms with Gasteiger partial charge in [-0.05, 0) is 56.2 Å². The largest absolute Gasteiger partial charge is 0.492 e.